The summed E-state index contributed by atoms with van der Waals surface area (Å²) < 4.78 is 0. The lowest BCUT2D eigenvalue weighted by Gasteiger charge is -2.19. The summed E-state index contributed by atoms with van der Waals surface area (Å²) in [5.74, 6) is 0.530. The van der Waals surface area contributed by atoms with Crippen molar-refractivity contribution in [3.05, 3.63) is 99.8 Å². The van der Waals surface area contributed by atoms with Crippen LogP contribution < -0.4 is 5.32 Å². The molecule has 36 heavy (non-hydrogen) atoms. The number of likely N-dealkylation sites (tertiary alicyclic amines) is 1. The molecule has 0 bridgehead atoms. The number of rotatable bonds is 7. The summed E-state index contributed by atoms with van der Waals surface area (Å²) >= 11 is 6.16. The monoisotopic (exact) mass is 500 g/mol. The Morgan fingerprint density at radius 2 is 1.83 bits per heavy atom. The van der Waals surface area contributed by atoms with Crippen LogP contribution in [0.15, 0.2) is 66.7 Å². The van der Waals surface area contributed by atoms with Gasteiger partial charge in [0.05, 0.1) is 17.1 Å². The van der Waals surface area contributed by atoms with Crippen LogP contribution in [0.4, 0.5) is 0 Å². The van der Waals surface area contributed by atoms with Crippen LogP contribution in [0.1, 0.15) is 63.0 Å². The van der Waals surface area contributed by atoms with Gasteiger partial charge >= 0.3 is 0 Å². The smallest absolute Gasteiger partial charge is 0.254 e. The van der Waals surface area contributed by atoms with Gasteiger partial charge in [-0.2, -0.15) is 0 Å². The number of carbonyl (C=O) groups excluding carboxylic acids is 2. The van der Waals surface area contributed by atoms with Crippen molar-refractivity contribution >= 4 is 34.4 Å². The molecule has 1 fully saturated rings. The van der Waals surface area contributed by atoms with Crippen LogP contribution in [-0.2, 0) is 6.42 Å². The van der Waals surface area contributed by atoms with Crippen molar-refractivity contribution < 1.29 is 9.59 Å². The molecule has 7 heteroatoms. The molecule has 0 aliphatic carbocycles. The van der Waals surface area contributed by atoms with Crippen molar-refractivity contribution in [1.82, 2.24) is 20.2 Å². The average molecular weight is 501 g/mol. The minimum atomic E-state index is -0.324. The number of halogens is 1. The first-order valence-corrected chi connectivity index (χ1v) is 12.8. The highest BCUT2D eigenvalue weighted by atomic mass is 35.5. The maximum absolute atomic E-state index is 13.3. The van der Waals surface area contributed by atoms with Crippen molar-refractivity contribution in [2.24, 2.45) is 0 Å². The van der Waals surface area contributed by atoms with Crippen LogP contribution in [0, 0.1) is 6.92 Å². The molecule has 184 valence electrons. The third-order valence-corrected chi connectivity index (χ3v) is 7.01. The molecule has 4 aromatic rings. The lowest BCUT2D eigenvalue weighted by atomic mass is 10.0. The van der Waals surface area contributed by atoms with Crippen LogP contribution >= 0.6 is 11.6 Å². The van der Waals surface area contributed by atoms with E-state index >= 15 is 0 Å². The molecule has 2 heterocycles. The van der Waals surface area contributed by atoms with Gasteiger partial charge in [-0.15, -0.1) is 0 Å². The molecule has 0 spiro atoms. The summed E-state index contributed by atoms with van der Waals surface area (Å²) in [5, 5.41) is 3.79. The molecular weight excluding hydrogens is 472 g/mol. The topological polar surface area (TPSA) is 78.1 Å². The fourth-order valence-electron chi connectivity index (χ4n) is 4.78. The van der Waals surface area contributed by atoms with Gasteiger partial charge in [-0.25, -0.2) is 4.98 Å². The van der Waals surface area contributed by atoms with E-state index in [1.165, 1.54) is 5.56 Å². The average Bonchev–Trinajstić information content (AvgIpc) is 3.57. The highest BCUT2D eigenvalue weighted by Gasteiger charge is 2.23. The van der Waals surface area contributed by atoms with E-state index in [0.29, 0.717) is 28.4 Å². The third-order valence-electron chi connectivity index (χ3n) is 6.77. The van der Waals surface area contributed by atoms with Gasteiger partial charge in [0.15, 0.2) is 0 Å². The minimum absolute atomic E-state index is 0.0404. The first-order chi connectivity index (χ1) is 17.5. The molecule has 5 rings (SSSR count). The maximum Gasteiger partial charge on any atom is 0.254 e. The van der Waals surface area contributed by atoms with E-state index in [1.54, 1.807) is 24.3 Å². The minimum Gasteiger partial charge on any atom is -0.342 e. The fourth-order valence-corrected chi connectivity index (χ4v) is 4.95. The highest BCUT2D eigenvalue weighted by molar-refractivity contribution is 6.31. The van der Waals surface area contributed by atoms with Gasteiger partial charge < -0.3 is 15.2 Å². The molecule has 1 aliphatic heterocycles. The van der Waals surface area contributed by atoms with E-state index in [1.807, 2.05) is 42.2 Å². The Morgan fingerprint density at radius 1 is 1.06 bits per heavy atom. The second-order valence-electron chi connectivity index (χ2n) is 9.36. The van der Waals surface area contributed by atoms with Gasteiger partial charge in [0.2, 0.25) is 0 Å². The quantitative estimate of drug-likeness (QED) is 0.333. The zero-order valence-electron chi connectivity index (χ0n) is 20.3. The number of amides is 2. The molecule has 0 radical (unpaired) electrons. The summed E-state index contributed by atoms with van der Waals surface area (Å²) in [6, 6.07) is 20.7. The number of aromatic amines is 1. The number of nitrogens with one attached hydrogen (secondary N) is 2. The molecule has 2 amide bonds. The molecule has 6 nitrogen and oxygen atoms in total. The van der Waals surface area contributed by atoms with E-state index in [2.05, 4.69) is 22.4 Å². The first-order valence-electron chi connectivity index (χ1n) is 12.4. The lowest BCUT2D eigenvalue weighted by molar-refractivity contribution is 0.0791. The zero-order valence-corrected chi connectivity index (χ0v) is 21.0. The summed E-state index contributed by atoms with van der Waals surface area (Å²) in [6.45, 7) is 3.48. The van der Waals surface area contributed by atoms with Crippen molar-refractivity contribution in [3.63, 3.8) is 0 Å². The largest absolute Gasteiger partial charge is 0.342 e. The van der Waals surface area contributed by atoms with Crippen LogP contribution in [0.25, 0.3) is 11.0 Å². The third kappa shape index (κ3) is 5.29. The van der Waals surface area contributed by atoms with Gasteiger partial charge in [-0.3, -0.25) is 9.59 Å². The summed E-state index contributed by atoms with van der Waals surface area (Å²) in [6.07, 6.45) is 3.55. The summed E-state index contributed by atoms with van der Waals surface area (Å²) in [5.41, 5.74) is 4.80. The first kappa shape index (κ1) is 24.1. The van der Waals surface area contributed by atoms with Gasteiger partial charge in [-0.1, -0.05) is 41.9 Å². The lowest BCUT2D eigenvalue weighted by Crippen LogP contribution is -2.30. The number of H-pyrrole nitrogens is 1. The Morgan fingerprint density at radius 3 is 2.58 bits per heavy atom. The molecule has 1 atom stereocenters. The normalized spacial score (nSPS) is 14.2. The van der Waals surface area contributed by atoms with E-state index in [-0.39, 0.29) is 17.9 Å². The van der Waals surface area contributed by atoms with E-state index < -0.39 is 0 Å². The fraction of sp³-hybridized carbons (Fsp3) is 0.276. The number of fused-ring (bicyclic) bond motifs is 1. The van der Waals surface area contributed by atoms with Gasteiger partial charge in [0.25, 0.3) is 11.8 Å². The molecule has 1 saturated heterocycles. The predicted octanol–water partition coefficient (Wildman–Crippen LogP) is 5.86. The SMILES string of the molecule is Cc1cc(C(=O)N[C@@H](CCc2ccccc2)c2nc3ccc(Cl)cc3[nH]2)ccc1C(=O)N1CCCC1. The number of carbonyl (C=O) groups is 2. The number of aromatic nitrogens is 2. The van der Waals surface area contributed by atoms with Gasteiger partial charge in [0, 0.05) is 29.2 Å². The standard InChI is InChI=1S/C29H29ClN4O2/c1-19-17-21(10-12-23(19)29(36)34-15-5-6-16-34)28(35)33-25(13-9-20-7-3-2-4-8-20)27-31-24-14-11-22(30)18-26(24)32-27/h2-4,7-8,10-12,14,17-18,25H,5-6,9,13,15-16H2,1H3,(H,31,32)(H,33,35)/t25-/m0/s1. The van der Waals surface area contributed by atoms with Crippen LogP contribution in [0.5, 0.6) is 0 Å². The van der Waals surface area contributed by atoms with E-state index in [9.17, 15) is 9.59 Å². The Balaban J connectivity index is 1.37. The van der Waals surface area contributed by atoms with Crippen molar-refractivity contribution in [1.29, 1.82) is 0 Å². The van der Waals surface area contributed by atoms with Crippen LogP contribution in [0.2, 0.25) is 5.02 Å². The highest BCUT2D eigenvalue weighted by Crippen LogP contribution is 2.24. The van der Waals surface area contributed by atoms with Gasteiger partial charge in [0.1, 0.15) is 5.82 Å². The second-order valence-corrected chi connectivity index (χ2v) is 9.80. The zero-order chi connectivity index (χ0) is 25.1. The number of hydrogen-bond acceptors (Lipinski definition) is 3. The molecule has 2 N–H and O–H groups in total. The molecule has 1 aromatic heterocycles. The maximum atomic E-state index is 13.3. The Bertz CT molecular complexity index is 1390. The van der Waals surface area contributed by atoms with Crippen molar-refractivity contribution in [3.8, 4) is 0 Å². The molecule has 0 unspecified atom stereocenters. The molecule has 1 aliphatic rings. The Hall–Kier alpha value is -3.64. The molecule has 0 saturated carbocycles. The number of imidazole rings is 1. The van der Waals surface area contributed by atoms with E-state index in [4.69, 9.17) is 16.6 Å². The molecule has 3 aromatic carbocycles. The van der Waals surface area contributed by atoms with Crippen molar-refractivity contribution in [2.75, 3.05) is 13.1 Å². The molecular formula is C29H29ClN4O2. The Kier molecular flexibility index (Phi) is 7.05. The summed E-state index contributed by atoms with van der Waals surface area (Å²) in [7, 11) is 0. The van der Waals surface area contributed by atoms with Crippen molar-refractivity contribution in [2.45, 2.75) is 38.6 Å². The van der Waals surface area contributed by atoms with Crippen LogP contribution in [-0.4, -0.2) is 39.8 Å². The number of aryl methyl sites for hydroxylation is 2. The van der Waals surface area contributed by atoms with Crippen LogP contribution in [0.3, 0.4) is 0 Å². The van der Waals surface area contributed by atoms with Gasteiger partial charge in [-0.05, 0) is 80.1 Å². The second kappa shape index (κ2) is 10.5. The number of nitrogens with zero attached hydrogens (tertiary/aromatic N) is 2. The number of hydrogen-bond donors (Lipinski definition) is 2. The summed E-state index contributed by atoms with van der Waals surface area (Å²) in [4.78, 5) is 36.1. The predicted molar refractivity (Wildman–Crippen MR) is 142 cm³/mol. The Labute approximate surface area is 215 Å². The van der Waals surface area contributed by atoms with E-state index in [0.717, 1.165) is 48.9 Å². The number of benzene rings is 3.